The molecule has 62 valence electrons. The highest BCUT2D eigenvalue weighted by Crippen LogP contribution is 2.39. The van der Waals surface area contributed by atoms with Crippen LogP contribution >= 0.6 is 0 Å². The summed E-state index contributed by atoms with van der Waals surface area (Å²) in [5.41, 5.74) is 0. The average molecular weight is 155 g/mol. The molecule has 3 nitrogen and oxygen atoms in total. The van der Waals surface area contributed by atoms with E-state index in [1.54, 1.807) is 7.05 Å². The fourth-order valence-corrected chi connectivity index (χ4v) is 1.85. The molecule has 1 aliphatic heterocycles. The van der Waals surface area contributed by atoms with E-state index in [1.807, 2.05) is 0 Å². The molecule has 2 aliphatic rings. The Bertz CT molecular complexity index is 181. The number of carbonyl (C=O) groups excluding carboxylic acids is 1. The van der Waals surface area contributed by atoms with Crippen LogP contribution in [0.3, 0.4) is 0 Å². The van der Waals surface area contributed by atoms with E-state index in [0.29, 0.717) is 12.2 Å². The van der Waals surface area contributed by atoms with Crippen LogP contribution in [0.4, 0.5) is 0 Å². The number of nitrogens with one attached hydrogen (secondary N) is 1. The summed E-state index contributed by atoms with van der Waals surface area (Å²) < 4.78 is 5.32. The molecule has 3 unspecified atom stereocenters. The van der Waals surface area contributed by atoms with Crippen molar-refractivity contribution in [1.29, 1.82) is 0 Å². The third-order valence-corrected chi connectivity index (χ3v) is 2.62. The van der Waals surface area contributed by atoms with E-state index in [4.69, 9.17) is 4.74 Å². The first kappa shape index (κ1) is 7.10. The van der Waals surface area contributed by atoms with Crippen molar-refractivity contribution < 1.29 is 9.53 Å². The van der Waals surface area contributed by atoms with Crippen molar-refractivity contribution in [2.45, 2.75) is 31.5 Å². The molecule has 1 aliphatic carbocycles. The van der Waals surface area contributed by atoms with E-state index < -0.39 is 0 Å². The van der Waals surface area contributed by atoms with Gasteiger partial charge in [0, 0.05) is 13.0 Å². The zero-order valence-corrected chi connectivity index (χ0v) is 6.67. The third-order valence-electron chi connectivity index (χ3n) is 2.62. The second kappa shape index (κ2) is 2.48. The van der Waals surface area contributed by atoms with Crippen LogP contribution in [0.5, 0.6) is 0 Å². The third kappa shape index (κ3) is 1.25. The lowest BCUT2D eigenvalue weighted by molar-refractivity contribution is -0.125. The van der Waals surface area contributed by atoms with Crippen LogP contribution in [0.1, 0.15) is 19.3 Å². The summed E-state index contributed by atoms with van der Waals surface area (Å²) in [6, 6.07) is 0. The Morgan fingerprint density at radius 3 is 2.91 bits per heavy atom. The van der Waals surface area contributed by atoms with Gasteiger partial charge in [-0.1, -0.05) is 0 Å². The molecule has 0 spiro atoms. The van der Waals surface area contributed by atoms with Crippen LogP contribution < -0.4 is 5.32 Å². The van der Waals surface area contributed by atoms with Gasteiger partial charge in [-0.05, 0) is 19.3 Å². The summed E-state index contributed by atoms with van der Waals surface area (Å²) in [4.78, 5) is 11.2. The van der Waals surface area contributed by atoms with Crippen LogP contribution in [0.15, 0.2) is 0 Å². The zero-order valence-electron chi connectivity index (χ0n) is 6.67. The van der Waals surface area contributed by atoms with Gasteiger partial charge in [-0.15, -0.1) is 0 Å². The van der Waals surface area contributed by atoms with Gasteiger partial charge in [0.05, 0.1) is 12.2 Å². The molecule has 1 heterocycles. The van der Waals surface area contributed by atoms with Crippen molar-refractivity contribution in [2.24, 2.45) is 5.92 Å². The maximum absolute atomic E-state index is 11.2. The number of amides is 1. The van der Waals surface area contributed by atoms with Crippen molar-refractivity contribution in [3.8, 4) is 0 Å². The highest BCUT2D eigenvalue weighted by atomic mass is 16.6. The minimum Gasteiger partial charge on any atom is -0.370 e. The Morgan fingerprint density at radius 2 is 2.27 bits per heavy atom. The molecule has 0 radical (unpaired) electrons. The topological polar surface area (TPSA) is 41.6 Å². The molecule has 1 amide bonds. The van der Waals surface area contributed by atoms with Crippen LogP contribution in [0, 0.1) is 5.92 Å². The van der Waals surface area contributed by atoms with E-state index >= 15 is 0 Å². The summed E-state index contributed by atoms with van der Waals surface area (Å²) in [5.74, 6) is 0.391. The van der Waals surface area contributed by atoms with Crippen molar-refractivity contribution in [3.05, 3.63) is 0 Å². The van der Waals surface area contributed by atoms with Crippen molar-refractivity contribution in [3.63, 3.8) is 0 Å². The Labute approximate surface area is 66.1 Å². The van der Waals surface area contributed by atoms with Crippen LogP contribution in [-0.4, -0.2) is 25.2 Å². The summed E-state index contributed by atoms with van der Waals surface area (Å²) in [6.45, 7) is 0. The second-order valence-corrected chi connectivity index (χ2v) is 3.34. The van der Waals surface area contributed by atoms with Crippen molar-refractivity contribution in [2.75, 3.05) is 7.05 Å². The maximum atomic E-state index is 11.2. The molecule has 0 aromatic heterocycles. The molecule has 0 aromatic rings. The molecule has 3 heteroatoms. The molecule has 3 atom stereocenters. The average Bonchev–Trinajstić information content (AvgIpc) is 2.80. The summed E-state index contributed by atoms with van der Waals surface area (Å²) >= 11 is 0. The van der Waals surface area contributed by atoms with Crippen molar-refractivity contribution in [1.82, 2.24) is 5.32 Å². The van der Waals surface area contributed by atoms with E-state index in [-0.39, 0.29) is 11.8 Å². The monoisotopic (exact) mass is 155 g/mol. The van der Waals surface area contributed by atoms with Gasteiger partial charge in [0.15, 0.2) is 0 Å². The van der Waals surface area contributed by atoms with Gasteiger partial charge in [0.2, 0.25) is 5.91 Å². The van der Waals surface area contributed by atoms with Gasteiger partial charge in [-0.25, -0.2) is 0 Å². The molecule has 1 saturated heterocycles. The quantitative estimate of drug-likeness (QED) is 0.553. The molecule has 2 rings (SSSR count). The number of hydrogen-bond donors (Lipinski definition) is 1. The van der Waals surface area contributed by atoms with Crippen molar-refractivity contribution >= 4 is 5.91 Å². The first-order chi connectivity index (χ1) is 5.31. The van der Waals surface area contributed by atoms with E-state index in [2.05, 4.69) is 5.32 Å². The molecule has 0 aromatic carbocycles. The highest BCUT2D eigenvalue weighted by molar-refractivity contribution is 5.78. The molecule has 11 heavy (non-hydrogen) atoms. The largest absolute Gasteiger partial charge is 0.370 e. The lowest BCUT2D eigenvalue weighted by atomic mass is 9.89. The van der Waals surface area contributed by atoms with Crippen LogP contribution in [0.25, 0.3) is 0 Å². The van der Waals surface area contributed by atoms with Gasteiger partial charge >= 0.3 is 0 Å². The summed E-state index contributed by atoms with van der Waals surface area (Å²) in [5, 5.41) is 2.68. The molecule has 1 saturated carbocycles. The van der Waals surface area contributed by atoms with Gasteiger partial charge < -0.3 is 10.1 Å². The number of ether oxygens (including phenoxy) is 1. The minimum atomic E-state index is 0.180. The maximum Gasteiger partial charge on any atom is 0.222 e. The number of rotatable bonds is 1. The lowest BCUT2D eigenvalue weighted by Crippen LogP contribution is -2.30. The van der Waals surface area contributed by atoms with Crippen LogP contribution in [-0.2, 0) is 9.53 Å². The van der Waals surface area contributed by atoms with Gasteiger partial charge in [-0.3, -0.25) is 4.79 Å². The normalized spacial score (nSPS) is 41.0. The van der Waals surface area contributed by atoms with Gasteiger partial charge in [0.25, 0.3) is 0 Å². The smallest absolute Gasteiger partial charge is 0.222 e. The summed E-state index contributed by atoms with van der Waals surface area (Å²) in [7, 11) is 1.70. The number of fused-ring (bicyclic) bond motifs is 1. The molecule has 2 fully saturated rings. The number of hydrogen-bond acceptors (Lipinski definition) is 2. The van der Waals surface area contributed by atoms with E-state index in [0.717, 1.165) is 19.3 Å². The predicted molar refractivity (Wildman–Crippen MR) is 40.1 cm³/mol. The van der Waals surface area contributed by atoms with E-state index in [9.17, 15) is 4.79 Å². The molecule has 1 N–H and O–H groups in total. The fourth-order valence-electron chi connectivity index (χ4n) is 1.85. The Balaban J connectivity index is 1.89. The second-order valence-electron chi connectivity index (χ2n) is 3.34. The first-order valence-electron chi connectivity index (χ1n) is 4.18. The highest BCUT2D eigenvalue weighted by Gasteiger charge is 2.45. The SMILES string of the molecule is CNC(=O)C1CCC2OC2C1. The standard InChI is InChI=1S/C8H13NO2/c1-9-8(10)5-2-3-6-7(4-5)11-6/h5-7H,2-4H2,1H3,(H,9,10). The van der Waals surface area contributed by atoms with Gasteiger partial charge in [-0.2, -0.15) is 0 Å². The number of carbonyl (C=O) groups is 1. The molecule has 0 bridgehead atoms. The Kier molecular flexibility index (Phi) is 1.60. The minimum absolute atomic E-state index is 0.180. The lowest BCUT2D eigenvalue weighted by Gasteiger charge is -2.16. The fraction of sp³-hybridized carbons (Fsp3) is 0.875. The molecular weight excluding hydrogens is 142 g/mol. The first-order valence-corrected chi connectivity index (χ1v) is 4.18. The van der Waals surface area contributed by atoms with E-state index in [1.165, 1.54) is 0 Å². The zero-order chi connectivity index (χ0) is 7.84. The number of epoxide rings is 1. The Hall–Kier alpha value is -0.570. The molecular formula is C8H13NO2. The predicted octanol–water partition coefficient (Wildman–Crippen LogP) is 0.300. The van der Waals surface area contributed by atoms with Gasteiger partial charge in [0.1, 0.15) is 0 Å². The summed E-state index contributed by atoms with van der Waals surface area (Å²) in [6.07, 6.45) is 3.91. The van der Waals surface area contributed by atoms with Crippen LogP contribution in [0.2, 0.25) is 0 Å². The Morgan fingerprint density at radius 1 is 1.45 bits per heavy atom.